The first-order chi connectivity index (χ1) is 6.42. The maximum absolute atomic E-state index is 8.82. The van der Waals surface area contributed by atoms with Gasteiger partial charge < -0.3 is 0 Å². The van der Waals surface area contributed by atoms with E-state index in [9.17, 15) is 0 Å². The Labute approximate surface area is 81.6 Å². The summed E-state index contributed by atoms with van der Waals surface area (Å²) < 4.78 is 3.84. The van der Waals surface area contributed by atoms with Gasteiger partial charge in [-0.15, -0.1) is 5.10 Å². The second kappa shape index (κ2) is 3.84. The predicted octanol–water partition coefficient (Wildman–Crippen LogP) is 2.46. The zero-order chi connectivity index (χ0) is 9.10. The first-order valence-corrected chi connectivity index (χ1v) is 5.41. The second-order valence-electron chi connectivity index (χ2n) is 3.43. The summed E-state index contributed by atoms with van der Waals surface area (Å²) in [4.78, 5) is 0.715. The lowest BCUT2D eigenvalue weighted by atomic mass is 9.87. The third-order valence-electron chi connectivity index (χ3n) is 2.61. The van der Waals surface area contributed by atoms with Gasteiger partial charge in [0, 0.05) is 5.92 Å². The van der Waals surface area contributed by atoms with E-state index in [-0.39, 0.29) is 0 Å². The van der Waals surface area contributed by atoms with Crippen molar-refractivity contribution in [2.75, 3.05) is 0 Å². The number of nitrogens with zero attached hydrogens (tertiary/aromatic N) is 3. The van der Waals surface area contributed by atoms with Crippen LogP contribution in [-0.2, 0) is 0 Å². The zero-order valence-electron chi connectivity index (χ0n) is 7.36. The van der Waals surface area contributed by atoms with Gasteiger partial charge in [-0.1, -0.05) is 23.8 Å². The molecule has 1 aromatic heterocycles. The van der Waals surface area contributed by atoms with E-state index in [0.29, 0.717) is 10.8 Å². The molecule has 0 spiro atoms. The van der Waals surface area contributed by atoms with Gasteiger partial charge in [-0.25, -0.2) is 0 Å². The van der Waals surface area contributed by atoms with Gasteiger partial charge in [-0.2, -0.15) is 5.26 Å². The Balaban J connectivity index is 2.19. The quantitative estimate of drug-likeness (QED) is 0.688. The minimum absolute atomic E-state index is 0.502. The molecule has 1 fully saturated rings. The molecule has 1 aliphatic rings. The standard InChI is InChI=1S/C9H11N3S/c10-6-8-9(11-12-13-8)7-4-2-1-3-5-7/h7H,1-5H2. The van der Waals surface area contributed by atoms with E-state index in [2.05, 4.69) is 15.7 Å². The van der Waals surface area contributed by atoms with Gasteiger partial charge in [0.25, 0.3) is 0 Å². The second-order valence-corrected chi connectivity index (χ2v) is 4.19. The van der Waals surface area contributed by atoms with Crippen LogP contribution in [-0.4, -0.2) is 9.59 Å². The largest absolute Gasteiger partial charge is 0.191 e. The Hall–Kier alpha value is -0.950. The summed E-state index contributed by atoms with van der Waals surface area (Å²) in [5, 5.41) is 12.9. The SMILES string of the molecule is N#Cc1snnc1C1CCCCC1. The molecule has 0 aromatic carbocycles. The minimum atomic E-state index is 0.502. The lowest BCUT2D eigenvalue weighted by molar-refractivity contribution is 0.436. The lowest BCUT2D eigenvalue weighted by Crippen LogP contribution is -2.06. The van der Waals surface area contributed by atoms with Crippen molar-refractivity contribution >= 4 is 11.5 Å². The molecule has 13 heavy (non-hydrogen) atoms. The summed E-state index contributed by atoms with van der Waals surface area (Å²) in [7, 11) is 0. The minimum Gasteiger partial charge on any atom is -0.191 e. The van der Waals surface area contributed by atoms with E-state index in [1.54, 1.807) is 0 Å². The molecule has 0 atom stereocenters. The van der Waals surface area contributed by atoms with E-state index in [1.807, 2.05) is 0 Å². The molecule has 68 valence electrons. The summed E-state index contributed by atoms with van der Waals surface area (Å²) in [5.74, 6) is 0.502. The summed E-state index contributed by atoms with van der Waals surface area (Å²) in [5.41, 5.74) is 0.951. The monoisotopic (exact) mass is 193 g/mol. The zero-order valence-corrected chi connectivity index (χ0v) is 8.18. The van der Waals surface area contributed by atoms with E-state index in [4.69, 9.17) is 5.26 Å². The molecule has 0 aliphatic heterocycles. The molecule has 4 heteroatoms. The van der Waals surface area contributed by atoms with Crippen molar-refractivity contribution in [3.05, 3.63) is 10.6 Å². The normalized spacial score (nSPS) is 18.4. The highest BCUT2D eigenvalue weighted by Crippen LogP contribution is 2.33. The molecule has 0 N–H and O–H groups in total. The fourth-order valence-corrected chi connectivity index (χ4v) is 2.47. The van der Waals surface area contributed by atoms with Crippen LogP contribution in [0, 0.1) is 11.3 Å². The highest BCUT2D eigenvalue weighted by atomic mass is 32.1. The van der Waals surface area contributed by atoms with Gasteiger partial charge in [0.05, 0.1) is 5.69 Å². The highest BCUT2D eigenvalue weighted by molar-refractivity contribution is 7.06. The summed E-state index contributed by atoms with van der Waals surface area (Å²) in [6.45, 7) is 0. The average Bonchev–Trinajstić information content (AvgIpc) is 2.67. The molecule has 1 saturated carbocycles. The van der Waals surface area contributed by atoms with Crippen molar-refractivity contribution in [1.82, 2.24) is 9.59 Å². The van der Waals surface area contributed by atoms with Crippen molar-refractivity contribution in [1.29, 1.82) is 5.26 Å². The number of hydrogen-bond acceptors (Lipinski definition) is 4. The molecule has 0 unspecified atom stereocenters. The first-order valence-electron chi connectivity index (χ1n) is 4.64. The molecule has 3 nitrogen and oxygen atoms in total. The molecule has 1 aliphatic carbocycles. The predicted molar refractivity (Wildman–Crippen MR) is 50.5 cm³/mol. The van der Waals surface area contributed by atoms with E-state index < -0.39 is 0 Å². The molecule has 0 amide bonds. The van der Waals surface area contributed by atoms with Crippen molar-refractivity contribution in [3.63, 3.8) is 0 Å². The van der Waals surface area contributed by atoms with E-state index in [1.165, 1.54) is 43.6 Å². The smallest absolute Gasteiger partial charge is 0.149 e. The van der Waals surface area contributed by atoms with Crippen molar-refractivity contribution in [2.45, 2.75) is 38.0 Å². The maximum atomic E-state index is 8.82. The van der Waals surface area contributed by atoms with Gasteiger partial charge in [-0.05, 0) is 24.4 Å². The van der Waals surface area contributed by atoms with Crippen LogP contribution in [0.4, 0.5) is 0 Å². The summed E-state index contributed by atoms with van der Waals surface area (Å²) >= 11 is 1.22. The van der Waals surface area contributed by atoms with Crippen LogP contribution in [0.3, 0.4) is 0 Å². The molecular weight excluding hydrogens is 182 g/mol. The van der Waals surface area contributed by atoms with Gasteiger partial charge in [0.2, 0.25) is 0 Å². The Morgan fingerprint density at radius 2 is 2.08 bits per heavy atom. The van der Waals surface area contributed by atoms with Crippen LogP contribution < -0.4 is 0 Å². The fraction of sp³-hybridized carbons (Fsp3) is 0.667. The van der Waals surface area contributed by atoms with Gasteiger partial charge in [0.15, 0.2) is 0 Å². The Morgan fingerprint density at radius 3 is 2.77 bits per heavy atom. The van der Waals surface area contributed by atoms with Crippen molar-refractivity contribution in [3.8, 4) is 6.07 Å². The van der Waals surface area contributed by atoms with Crippen LogP contribution in [0.5, 0.6) is 0 Å². The molecule has 2 rings (SSSR count). The van der Waals surface area contributed by atoms with Gasteiger partial charge in [0.1, 0.15) is 10.9 Å². The number of aromatic nitrogens is 2. The van der Waals surface area contributed by atoms with Crippen molar-refractivity contribution in [2.24, 2.45) is 0 Å². The van der Waals surface area contributed by atoms with Crippen LogP contribution in [0.2, 0.25) is 0 Å². The van der Waals surface area contributed by atoms with E-state index >= 15 is 0 Å². The third kappa shape index (κ3) is 1.70. The van der Waals surface area contributed by atoms with Crippen molar-refractivity contribution < 1.29 is 0 Å². The van der Waals surface area contributed by atoms with E-state index in [0.717, 1.165) is 5.69 Å². The van der Waals surface area contributed by atoms with Crippen LogP contribution >= 0.6 is 11.5 Å². The molecule has 0 bridgehead atoms. The first kappa shape index (κ1) is 8.64. The number of nitriles is 1. The maximum Gasteiger partial charge on any atom is 0.149 e. The van der Waals surface area contributed by atoms with Crippen LogP contribution in [0.25, 0.3) is 0 Å². The fourth-order valence-electron chi connectivity index (χ4n) is 1.92. The molecule has 0 saturated heterocycles. The molecular formula is C9H11N3S. The third-order valence-corrected chi connectivity index (χ3v) is 3.25. The Kier molecular flexibility index (Phi) is 2.55. The van der Waals surface area contributed by atoms with Crippen LogP contribution in [0.15, 0.2) is 0 Å². The molecule has 1 aromatic rings. The summed E-state index contributed by atoms with van der Waals surface area (Å²) in [6, 6.07) is 2.17. The number of rotatable bonds is 1. The van der Waals surface area contributed by atoms with Crippen LogP contribution in [0.1, 0.15) is 48.6 Å². The highest BCUT2D eigenvalue weighted by Gasteiger charge is 2.21. The van der Waals surface area contributed by atoms with Gasteiger partial charge >= 0.3 is 0 Å². The Morgan fingerprint density at radius 1 is 1.31 bits per heavy atom. The lowest BCUT2D eigenvalue weighted by Gasteiger charge is -2.19. The molecule has 0 radical (unpaired) electrons. The van der Waals surface area contributed by atoms with Gasteiger partial charge in [-0.3, -0.25) is 0 Å². The average molecular weight is 193 g/mol. The summed E-state index contributed by atoms with van der Waals surface area (Å²) in [6.07, 6.45) is 6.23. The number of hydrogen-bond donors (Lipinski definition) is 0. The topological polar surface area (TPSA) is 49.6 Å². The molecule has 1 heterocycles. The Bertz CT molecular complexity index is 320.